The van der Waals surface area contributed by atoms with E-state index >= 15 is 0 Å². The number of benzene rings is 1. The van der Waals surface area contributed by atoms with Gasteiger partial charge in [0.2, 0.25) is 5.91 Å². The quantitative estimate of drug-likeness (QED) is 0.890. The van der Waals surface area contributed by atoms with E-state index in [-0.39, 0.29) is 5.91 Å². The zero-order chi connectivity index (χ0) is 12.1. The first-order valence-electron chi connectivity index (χ1n) is 5.97. The lowest BCUT2D eigenvalue weighted by Gasteiger charge is -2.14. The Morgan fingerprint density at radius 2 is 1.88 bits per heavy atom. The van der Waals surface area contributed by atoms with Gasteiger partial charge in [-0.05, 0) is 43.6 Å². The van der Waals surface area contributed by atoms with Crippen molar-refractivity contribution < 1.29 is 4.79 Å². The minimum atomic E-state index is 0.0989. The number of nitrogens with one attached hydrogen (secondary N) is 1. The van der Waals surface area contributed by atoms with E-state index in [4.69, 9.17) is 11.6 Å². The highest BCUT2D eigenvalue weighted by molar-refractivity contribution is 6.30. The Balaban J connectivity index is 1.73. The van der Waals surface area contributed by atoms with Gasteiger partial charge in [0, 0.05) is 11.6 Å². The average Bonchev–Trinajstić information content (AvgIpc) is 2.81. The third kappa shape index (κ3) is 4.02. The second-order valence-electron chi connectivity index (χ2n) is 4.39. The van der Waals surface area contributed by atoms with Crippen LogP contribution >= 0.6 is 11.6 Å². The van der Waals surface area contributed by atoms with E-state index in [1.807, 2.05) is 24.3 Å². The Bertz CT molecular complexity index is 372. The van der Waals surface area contributed by atoms with Crippen LogP contribution in [0.1, 0.15) is 18.4 Å². The number of rotatable bonds is 4. The molecule has 0 aliphatic carbocycles. The number of carbonyl (C=O) groups excluding carboxylic acids is 1. The molecule has 1 aromatic rings. The molecule has 0 unspecified atom stereocenters. The molecule has 1 N–H and O–H groups in total. The average molecular weight is 253 g/mol. The molecule has 0 spiro atoms. The number of nitrogens with zero attached hydrogens (tertiary/aromatic N) is 1. The number of hydrogen-bond donors (Lipinski definition) is 1. The second kappa shape index (κ2) is 6.03. The fraction of sp³-hybridized carbons (Fsp3) is 0.462. The van der Waals surface area contributed by atoms with Crippen LogP contribution in [0.25, 0.3) is 0 Å². The summed E-state index contributed by atoms with van der Waals surface area (Å²) in [5, 5.41) is 3.64. The van der Waals surface area contributed by atoms with Crippen LogP contribution in [0.2, 0.25) is 5.02 Å². The van der Waals surface area contributed by atoms with Crippen LogP contribution in [0.5, 0.6) is 0 Å². The van der Waals surface area contributed by atoms with E-state index in [0.717, 1.165) is 23.7 Å². The Morgan fingerprint density at radius 3 is 2.53 bits per heavy atom. The standard InChI is InChI=1S/C13H17ClN2O/c14-12-5-3-11(4-6-12)9-15-13(17)10-16-7-1-2-8-16/h3-6H,1-2,7-10H2,(H,15,17). The molecule has 0 aromatic heterocycles. The summed E-state index contributed by atoms with van der Waals surface area (Å²) in [5.74, 6) is 0.0989. The molecular formula is C13H17ClN2O. The molecule has 1 heterocycles. The summed E-state index contributed by atoms with van der Waals surface area (Å²) >= 11 is 5.79. The normalized spacial score (nSPS) is 16.1. The van der Waals surface area contributed by atoms with Crippen molar-refractivity contribution in [3.63, 3.8) is 0 Å². The highest BCUT2D eigenvalue weighted by Gasteiger charge is 2.14. The highest BCUT2D eigenvalue weighted by Crippen LogP contribution is 2.09. The van der Waals surface area contributed by atoms with Gasteiger partial charge in [-0.25, -0.2) is 0 Å². The lowest BCUT2D eigenvalue weighted by molar-refractivity contribution is -0.122. The number of hydrogen-bond acceptors (Lipinski definition) is 2. The number of carbonyl (C=O) groups is 1. The van der Waals surface area contributed by atoms with Gasteiger partial charge in [0.05, 0.1) is 6.54 Å². The third-order valence-electron chi connectivity index (χ3n) is 2.97. The summed E-state index contributed by atoms with van der Waals surface area (Å²) in [6.07, 6.45) is 2.43. The lowest BCUT2D eigenvalue weighted by Crippen LogP contribution is -2.35. The van der Waals surface area contributed by atoms with Gasteiger partial charge < -0.3 is 5.32 Å². The zero-order valence-corrected chi connectivity index (χ0v) is 10.5. The van der Waals surface area contributed by atoms with Crippen molar-refractivity contribution in [2.75, 3.05) is 19.6 Å². The Labute approximate surface area is 107 Å². The first-order valence-corrected chi connectivity index (χ1v) is 6.35. The zero-order valence-electron chi connectivity index (χ0n) is 9.79. The molecule has 1 amide bonds. The van der Waals surface area contributed by atoms with Gasteiger partial charge in [0.1, 0.15) is 0 Å². The molecule has 0 radical (unpaired) electrons. The van der Waals surface area contributed by atoms with E-state index in [0.29, 0.717) is 13.1 Å². The minimum Gasteiger partial charge on any atom is -0.351 e. The molecule has 3 nitrogen and oxygen atoms in total. The molecule has 1 saturated heterocycles. The van der Waals surface area contributed by atoms with Gasteiger partial charge in [0.25, 0.3) is 0 Å². The maximum absolute atomic E-state index is 11.7. The molecule has 92 valence electrons. The van der Waals surface area contributed by atoms with Crippen LogP contribution in [0, 0.1) is 0 Å². The van der Waals surface area contributed by atoms with Crippen LogP contribution in [0.3, 0.4) is 0 Å². The number of likely N-dealkylation sites (tertiary alicyclic amines) is 1. The first kappa shape index (κ1) is 12.4. The summed E-state index contributed by atoms with van der Waals surface area (Å²) in [6.45, 7) is 3.19. The highest BCUT2D eigenvalue weighted by atomic mass is 35.5. The van der Waals surface area contributed by atoms with E-state index in [1.54, 1.807) is 0 Å². The van der Waals surface area contributed by atoms with Gasteiger partial charge in [-0.15, -0.1) is 0 Å². The van der Waals surface area contributed by atoms with Crippen LogP contribution in [0.4, 0.5) is 0 Å². The van der Waals surface area contributed by atoms with Crippen molar-refractivity contribution in [3.05, 3.63) is 34.9 Å². The van der Waals surface area contributed by atoms with Crippen LogP contribution in [-0.4, -0.2) is 30.4 Å². The van der Waals surface area contributed by atoms with Gasteiger partial charge in [-0.2, -0.15) is 0 Å². The minimum absolute atomic E-state index is 0.0989. The molecule has 17 heavy (non-hydrogen) atoms. The molecule has 1 fully saturated rings. The summed E-state index contributed by atoms with van der Waals surface area (Å²) < 4.78 is 0. The molecule has 1 aliphatic rings. The third-order valence-corrected chi connectivity index (χ3v) is 3.22. The summed E-state index contributed by atoms with van der Waals surface area (Å²) in [5.41, 5.74) is 1.07. The molecule has 0 saturated carbocycles. The fourth-order valence-corrected chi connectivity index (χ4v) is 2.13. The predicted octanol–water partition coefficient (Wildman–Crippen LogP) is 2.05. The smallest absolute Gasteiger partial charge is 0.234 e. The van der Waals surface area contributed by atoms with E-state index in [2.05, 4.69) is 10.2 Å². The largest absolute Gasteiger partial charge is 0.351 e. The van der Waals surface area contributed by atoms with Gasteiger partial charge in [-0.1, -0.05) is 23.7 Å². The van der Waals surface area contributed by atoms with E-state index in [1.165, 1.54) is 12.8 Å². The molecule has 2 rings (SSSR count). The van der Waals surface area contributed by atoms with Crippen molar-refractivity contribution in [3.8, 4) is 0 Å². The molecule has 0 bridgehead atoms. The van der Waals surface area contributed by atoms with E-state index in [9.17, 15) is 4.79 Å². The van der Waals surface area contributed by atoms with E-state index < -0.39 is 0 Å². The lowest BCUT2D eigenvalue weighted by atomic mass is 10.2. The Kier molecular flexibility index (Phi) is 4.40. The van der Waals surface area contributed by atoms with Crippen LogP contribution in [0.15, 0.2) is 24.3 Å². The van der Waals surface area contributed by atoms with Crippen molar-refractivity contribution in [2.24, 2.45) is 0 Å². The topological polar surface area (TPSA) is 32.3 Å². The van der Waals surface area contributed by atoms with Gasteiger partial charge >= 0.3 is 0 Å². The van der Waals surface area contributed by atoms with Gasteiger partial charge in [0.15, 0.2) is 0 Å². The van der Waals surface area contributed by atoms with Crippen molar-refractivity contribution in [2.45, 2.75) is 19.4 Å². The van der Waals surface area contributed by atoms with Crippen LogP contribution in [-0.2, 0) is 11.3 Å². The SMILES string of the molecule is O=C(CN1CCCC1)NCc1ccc(Cl)cc1. The molecular weight excluding hydrogens is 236 g/mol. The molecule has 0 atom stereocenters. The Morgan fingerprint density at radius 1 is 1.24 bits per heavy atom. The maximum Gasteiger partial charge on any atom is 0.234 e. The Hall–Kier alpha value is -1.06. The molecule has 4 heteroatoms. The second-order valence-corrected chi connectivity index (χ2v) is 4.82. The fourth-order valence-electron chi connectivity index (χ4n) is 2.00. The summed E-state index contributed by atoms with van der Waals surface area (Å²) in [4.78, 5) is 13.9. The van der Waals surface area contributed by atoms with Gasteiger partial charge in [-0.3, -0.25) is 9.69 Å². The summed E-state index contributed by atoms with van der Waals surface area (Å²) in [6, 6.07) is 7.53. The maximum atomic E-state index is 11.7. The van der Waals surface area contributed by atoms with Crippen LogP contribution < -0.4 is 5.32 Å². The first-order chi connectivity index (χ1) is 8.24. The summed E-state index contributed by atoms with van der Waals surface area (Å²) in [7, 11) is 0. The molecule has 1 aromatic carbocycles. The number of halogens is 1. The number of amides is 1. The molecule has 1 aliphatic heterocycles. The van der Waals surface area contributed by atoms with Crippen molar-refractivity contribution in [1.29, 1.82) is 0 Å². The monoisotopic (exact) mass is 252 g/mol. The van der Waals surface area contributed by atoms with Crippen molar-refractivity contribution in [1.82, 2.24) is 10.2 Å². The predicted molar refractivity (Wildman–Crippen MR) is 69.0 cm³/mol. The van der Waals surface area contributed by atoms with Crippen molar-refractivity contribution >= 4 is 17.5 Å².